The number of piperidine rings is 1. The molecule has 0 radical (unpaired) electrons. The molecule has 7 heteroatoms. The quantitative estimate of drug-likeness (QED) is 0.412. The molecule has 4 rings (SSSR count). The van der Waals surface area contributed by atoms with Crippen molar-refractivity contribution in [2.45, 2.75) is 35.7 Å². The number of rotatable bonds is 8. The maximum Gasteiger partial charge on any atom is 0.244 e. The molecule has 34 heavy (non-hydrogen) atoms. The second kappa shape index (κ2) is 11.2. The van der Waals surface area contributed by atoms with Gasteiger partial charge in [0.25, 0.3) is 0 Å². The standard InChI is InChI=1S/C27H30N2O3S2/c1-33-25-14-8-9-15-26(25)34(31,32)29-18-16-24(17-19-29)27(30)28(20-22-10-4-2-5-11-22)21-23-12-6-3-7-13-23/h2-15,24H,16-21H2,1H3. The van der Waals surface area contributed by atoms with Gasteiger partial charge in [0, 0.05) is 37.0 Å². The molecule has 1 heterocycles. The summed E-state index contributed by atoms with van der Waals surface area (Å²) in [4.78, 5) is 16.6. The van der Waals surface area contributed by atoms with E-state index in [1.165, 1.54) is 16.1 Å². The number of amides is 1. The van der Waals surface area contributed by atoms with Crippen LogP contribution in [0.5, 0.6) is 0 Å². The van der Waals surface area contributed by atoms with Gasteiger partial charge in [0.15, 0.2) is 0 Å². The van der Waals surface area contributed by atoms with Crippen molar-refractivity contribution in [3.05, 3.63) is 96.1 Å². The number of nitrogens with zero attached hydrogens (tertiary/aromatic N) is 2. The minimum atomic E-state index is -3.58. The predicted molar refractivity (Wildman–Crippen MR) is 137 cm³/mol. The largest absolute Gasteiger partial charge is 0.334 e. The van der Waals surface area contributed by atoms with Gasteiger partial charge in [-0.1, -0.05) is 72.8 Å². The summed E-state index contributed by atoms with van der Waals surface area (Å²) >= 11 is 1.43. The molecule has 3 aromatic rings. The first-order valence-corrected chi connectivity index (χ1v) is 14.2. The van der Waals surface area contributed by atoms with Gasteiger partial charge in [-0.15, -0.1) is 11.8 Å². The Kier molecular flexibility index (Phi) is 8.08. The lowest BCUT2D eigenvalue weighted by Crippen LogP contribution is -2.44. The first-order chi connectivity index (χ1) is 16.5. The Balaban J connectivity index is 1.47. The summed E-state index contributed by atoms with van der Waals surface area (Å²) in [6, 6.07) is 27.1. The van der Waals surface area contributed by atoms with Crippen molar-refractivity contribution in [1.82, 2.24) is 9.21 Å². The van der Waals surface area contributed by atoms with E-state index in [0.717, 1.165) is 16.0 Å². The van der Waals surface area contributed by atoms with Gasteiger partial charge < -0.3 is 4.90 Å². The first-order valence-electron chi connectivity index (χ1n) is 11.5. The zero-order chi connectivity index (χ0) is 24.0. The van der Waals surface area contributed by atoms with Crippen LogP contribution in [-0.4, -0.2) is 42.9 Å². The van der Waals surface area contributed by atoms with E-state index in [-0.39, 0.29) is 11.8 Å². The van der Waals surface area contributed by atoms with E-state index in [2.05, 4.69) is 0 Å². The second-order valence-electron chi connectivity index (χ2n) is 8.49. The lowest BCUT2D eigenvalue weighted by Gasteiger charge is -2.34. The summed E-state index contributed by atoms with van der Waals surface area (Å²) in [6.45, 7) is 1.78. The zero-order valence-corrected chi connectivity index (χ0v) is 21.0. The maximum atomic E-state index is 13.6. The second-order valence-corrected chi connectivity index (χ2v) is 11.2. The molecule has 1 aliphatic heterocycles. The molecule has 0 aromatic heterocycles. The fourth-order valence-electron chi connectivity index (χ4n) is 4.39. The molecule has 0 unspecified atom stereocenters. The van der Waals surface area contributed by atoms with Gasteiger partial charge in [-0.25, -0.2) is 8.42 Å². The Morgan fingerprint density at radius 2 is 1.35 bits per heavy atom. The molecule has 0 N–H and O–H groups in total. The van der Waals surface area contributed by atoms with Crippen LogP contribution in [0.1, 0.15) is 24.0 Å². The van der Waals surface area contributed by atoms with Crippen molar-refractivity contribution in [2.75, 3.05) is 19.3 Å². The SMILES string of the molecule is CSc1ccccc1S(=O)(=O)N1CCC(C(=O)N(Cc2ccccc2)Cc2ccccc2)CC1. The van der Waals surface area contributed by atoms with Crippen LogP contribution in [0.25, 0.3) is 0 Å². The highest BCUT2D eigenvalue weighted by atomic mass is 32.2. The Hall–Kier alpha value is -2.61. The molecular formula is C27H30N2O3S2. The number of carbonyl (C=O) groups excluding carboxylic acids is 1. The lowest BCUT2D eigenvalue weighted by molar-refractivity contribution is -0.138. The average Bonchev–Trinajstić information content (AvgIpc) is 2.89. The highest BCUT2D eigenvalue weighted by molar-refractivity contribution is 7.99. The van der Waals surface area contributed by atoms with Crippen molar-refractivity contribution in [3.8, 4) is 0 Å². The fraction of sp³-hybridized carbons (Fsp3) is 0.296. The molecule has 0 spiro atoms. The van der Waals surface area contributed by atoms with Crippen molar-refractivity contribution in [3.63, 3.8) is 0 Å². The van der Waals surface area contributed by atoms with E-state index < -0.39 is 10.0 Å². The summed E-state index contributed by atoms with van der Waals surface area (Å²) in [6.07, 6.45) is 2.94. The number of hydrogen-bond acceptors (Lipinski definition) is 4. The Labute approximate surface area is 206 Å². The van der Waals surface area contributed by atoms with Crippen LogP contribution in [0.4, 0.5) is 0 Å². The van der Waals surface area contributed by atoms with Crippen LogP contribution >= 0.6 is 11.8 Å². The van der Waals surface area contributed by atoms with Gasteiger partial charge >= 0.3 is 0 Å². The summed E-state index contributed by atoms with van der Waals surface area (Å²) in [5, 5.41) is 0. The molecule has 1 aliphatic rings. The van der Waals surface area contributed by atoms with Crippen molar-refractivity contribution in [1.29, 1.82) is 0 Å². The minimum absolute atomic E-state index is 0.0919. The van der Waals surface area contributed by atoms with Gasteiger partial charge in [0.2, 0.25) is 15.9 Å². The Bertz CT molecular complexity index is 1150. The maximum absolute atomic E-state index is 13.6. The van der Waals surface area contributed by atoms with Crippen LogP contribution < -0.4 is 0 Å². The van der Waals surface area contributed by atoms with Gasteiger partial charge in [0.05, 0.1) is 4.90 Å². The molecule has 0 atom stereocenters. The Morgan fingerprint density at radius 3 is 1.88 bits per heavy atom. The number of thioether (sulfide) groups is 1. The van der Waals surface area contributed by atoms with Gasteiger partial charge in [-0.05, 0) is 42.4 Å². The van der Waals surface area contributed by atoms with Gasteiger partial charge in [-0.2, -0.15) is 4.31 Å². The molecule has 1 fully saturated rings. The summed E-state index contributed by atoms with van der Waals surface area (Å²) in [7, 11) is -3.58. The third kappa shape index (κ3) is 5.71. The summed E-state index contributed by atoms with van der Waals surface area (Å²) < 4.78 is 28.1. The van der Waals surface area contributed by atoms with Crippen molar-refractivity contribution < 1.29 is 13.2 Å². The van der Waals surface area contributed by atoms with E-state index >= 15 is 0 Å². The predicted octanol–water partition coefficient (Wildman–Crippen LogP) is 5.04. The van der Waals surface area contributed by atoms with E-state index in [9.17, 15) is 13.2 Å². The van der Waals surface area contributed by atoms with Gasteiger partial charge in [-0.3, -0.25) is 4.79 Å². The van der Waals surface area contributed by atoms with Crippen LogP contribution in [0.2, 0.25) is 0 Å². The van der Waals surface area contributed by atoms with E-state index in [1.54, 1.807) is 12.1 Å². The molecule has 0 saturated carbocycles. The molecule has 0 aliphatic carbocycles. The minimum Gasteiger partial charge on any atom is -0.334 e. The smallest absolute Gasteiger partial charge is 0.244 e. The molecule has 5 nitrogen and oxygen atoms in total. The number of carbonyl (C=O) groups is 1. The number of hydrogen-bond donors (Lipinski definition) is 0. The van der Waals surface area contributed by atoms with E-state index in [4.69, 9.17) is 0 Å². The fourth-order valence-corrected chi connectivity index (χ4v) is 6.98. The van der Waals surface area contributed by atoms with E-state index in [0.29, 0.717) is 43.9 Å². The normalized spacial score (nSPS) is 15.2. The van der Waals surface area contributed by atoms with Crippen LogP contribution in [-0.2, 0) is 27.9 Å². The summed E-state index contributed by atoms with van der Waals surface area (Å²) in [5.41, 5.74) is 2.17. The van der Waals surface area contributed by atoms with E-state index in [1.807, 2.05) is 84.0 Å². The van der Waals surface area contributed by atoms with Crippen LogP contribution in [0, 0.1) is 5.92 Å². The molecule has 0 bridgehead atoms. The third-order valence-corrected chi connectivity index (χ3v) is 9.12. The molecule has 3 aromatic carbocycles. The number of sulfonamides is 1. The highest BCUT2D eigenvalue weighted by Crippen LogP contribution is 2.30. The lowest BCUT2D eigenvalue weighted by atomic mass is 9.96. The first kappa shape index (κ1) is 24.5. The topological polar surface area (TPSA) is 57.7 Å². The Morgan fingerprint density at radius 1 is 0.853 bits per heavy atom. The average molecular weight is 495 g/mol. The summed E-state index contributed by atoms with van der Waals surface area (Å²) in [5.74, 6) is -0.0936. The van der Waals surface area contributed by atoms with Crippen molar-refractivity contribution in [2.24, 2.45) is 5.92 Å². The van der Waals surface area contributed by atoms with Crippen LogP contribution in [0.3, 0.4) is 0 Å². The third-order valence-electron chi connectivity index (χ3n) is 6.23. The number of benzene rings is 3. The monoisotopic (exact) mass is 494 g/mol. The highest BCUT2D eigenvalue weighted by Gasteiger charge is 2.34. The molecule has 1 amide bonds. The zero-order valence-electron chi connectivity index (χ0n) is 19.3. The molecule has 1 saturated heterocycles. The molecule has 178 valence electrons. The van der Waals surface area contributed by atoms with Crippen molar-refractivity contribution >= 4 is 27.7 Å². The van der Waals surface area contributed by atoms with Crippen LogP contribution in [0.15, 0.2) is 94.7 Å². The van der Waals surface area contributed by atoms with Gasteiger partial charge in [0.1, 0.15) is 0 Å². The molecular weight excluding hydrogens is 464 g/mol.